The average Bonchev–Trinajstić information content (AvgIpc) is 2.23. The number of hydrogen-bond acceptors (Lipinski definition) is 3. The fraction of sp³-hybridized carbons (Fsp3) is 0.636. The normalized spacial score (nSPS) is 13.5. The number of hydrogen-bond donors (Lipinski definition) is 3. The van der Waals surface area contributed by atoms with Gasteiger partial charge in [-0.2, -0.15) is 0 Å². The van der Waals surface area contributed by atoms with Crippen molar-refractivity contribution >= 4 is 12.0 Å². The van der Waals surface area contributed by atoms with Gasteiger partial charge in [-0.15, -0.1) is 6.58 Å². The predicted octanol–water partition coefficient (Wildman–Crippen LogP) is 0.740. The van der Waals surface area contributed by atoms with Gasteiger partial charge in [0.1, 0.15) is 6.04 Å². The van der Waals surface area contributed by atoms with Crippen LogP contribution in [0.1, 0.15) is 19.8 Å². The largest absolute Gasteiger partial charge is 0.480 e. The standard InChI is InChI=1S/C11H20N2O4/c1-4-5-8(2)12-11(16)13-9(10(14)15)6-7-17-3/h4,8-9H,1,5-7H2,2-3H3,(H,14,15)(H2,12,13,16). The van der Waals surface area contributed by atoms with E-state index in [-0.39, 0.29) is 19.1 Å². The van der Waals surface area contributed by atoms with Gasteiger partial charge in [-0.25, -0.2) is 9.59 Å². The Hall–Kier alpha value is -1.56. The lowest BCUT2D eigenvalue weighted by atomic mass is 10.2. The van der Waals surface area contributed by atoms with E-state index in [4.69, 9.17) is 9.84 Å². The van der Waals surface area contributed by atoms with Crippen LogP contribution in [0, 0.1) is 0 Å². The summed E-state index contributed by atoms with van der Waals surface area (Å²) in [5, 5.41) is 13.9. The molecule has 0 aromatic heterocycles. The molecule has 98 valence electrons. The van der Waals surface area contributed by atoms with Gasteiger partial charge in [0.05, 0.1) is 0 Å². The summed E-state index contributed by atoms with van der Waals surface area (Å²) in [6.45, 7) is 5.64. The lowest BCUT2D eigenvalue weighted by Crippen LogP contribution is -2.48. The molecule has 0 aliphatic carbocycles. The topological polar surface area (TPSA) is 87.7 Å². The molecular formula is C11H20N2O4. The van der Waals surface area contributed by atoms with E-state index in [0.29, 0.717) is 6.42 Å². The number of amides is 2. The van der Waals surface area contributed by atoms with Crippen molar-refractivity contribution in [3.05, 3.63) is 12.7 Å². The molecule has 0 aliphatic heterocycles. The number of carbonyl (C=O) groups is 2. The smallest absolute Gasteiger partial charge is 0.326 e. The Labute approximate surface area is 101 Å². The van der Waals surface area contributed by atoms with Gasteiger partial charge in [-0.3, -0.25) is 0 Å². The van der Waals surface area contributed by atoms with E-state index in [0.717, 1.165) is 0 Å². The summed E-state index contributed by atoms with van der Waals surface area (Å²) in [6.07, 6.45) is 2.54. The van der Waals surface area contributed by atoms with Crippen LogP contribution < -0.4 is 10.6 Å². The third-order valence-corrected chi connectivity index (χ3v) is 2.11. The highest BCUT2D eigenvalue weighted by Gasteiger charge is 2.19. The van der Waals surface area contributed by atoms with Crippen LogP contribution in [0.25, 0.3) is 0 Å². The van der Waals surface area contributed by atoms with Crippen molar-refractivity contribution in [2.45, 2.75) is 31.8 Å². The molecule has 2 atom stereocenters. The van der Waals surface area contributed by atoms with Crippen LogP contribution in [0.15, 0.2) is 12.7 Å². The van der Waals surface area contributed by atoms with E-state index in [1.54, 1.807) is 6.08 Å². The van der Waals surface area contributed by atoms with Gasteiger partial charge in [0, 0.05) is 26.2 Å². The van der Waals surface area contributed by atoms with Crippen molar-refractivity contribution in [3.8, 4) is 0 Å². The van der Waals surface area contributed by atoms with Crippen LogP contribution in [0.4, 0.5) is 4.79 Å². The second-order valence-electron chi connectivity index (χ2n) is 3.72. The monoisotopic (exact) mass is 244 g/mol. The van der Waals surface area contributed by atoms with E-state index < -0.39 is 18.0 Å². The van der Waals surface area contributed by atoms with Crippen molar-refractivity contribution in [2.75, 3.05) is 13.7 Å². The molecule has 0 radical (unpaired) electrons. The van der Waals surface area contributed by atoms with Crippen molar-refractivity contribution in [1.29, 1.82) is 0 Å². The predicted molar refractivity (Wildman–Crippen MR) is 63.9 cm³/mol. The second kappa shape index (κ2) is 8.58. The number of nitrogens with one attached hydrogen (secondary N) is 2. The Kier molecular flexibility index (Phi) is 7.79. The van der Waals surface area contributed by atoms with Gasteiger partial charge in [-0.1, -0.05) is 6.08 Å². The SMILES string of the molecule is C=CCC(C)NC(=O)NC(CCOC)C(=O)O. The van der Waals surface area contributed by atoms with E-state index in [1.807, 2.05) is 6.92 Å². The zero-order valence-corrected chi connectivity index (χ0v) is 10.2. The second-order valence-corrected chi connectivity index (χ2v) is 3.72. The molecular weight excluding hydrogens is 224 g/mol. The van der Waals surface area contributed by atoms with Crippen LogP contribution in [0.2, 0.25) is 0 Å². The minimum atomic E-state index is -1.08. The quantitative estimate of drug-likeness (QED) is 0.549. The van der Waals surface area contributed by atoms with Crippen LogP contribution in [0.3, 0.4) is 0 Å². The summed E-state index contributed by atoms with van der Waals surface area (Å²) in [5.74, 6) is -1.08. The maximum absolute atomic E-state index is 11.4. The minimum absolute atomic E-state index is 0.0793. The van der Waals surface area contributed by atoms with E-state index in [9.17, 15) is 9.59 Å². The van der Waals surface area contributed by atoms with E-state index >= 15 is 0 Å². The van der Waals surface area contributed by atoms with Crippen molar-refractivity contribution in [2.24, 2.45) is 0 Å². The van der Waals surface area contributed by atoms with E-state index in [1.165, 1.54) is 7.11 Å². The number of carboxylic acid groups (broad SMARTS) is 1. The highest BCUT2D eigenvalue weighted by Crippen LogP contribution is 1.95. The summed E-state index contributed by atoms with van der Waals surface area (Å²) < 4.78 is 4.78. The molecule has 0 bridgehead atoms. The van der Waals surface area contributed by atoms with Gasteiger partial charge in [-0.05, 0) is 13.3 Å². The average molecular weight is 244 g/mol. The number of aliphatic carboxylic acids is 1. The Morgan fingerprint density at radius 3 is 2.59 bits per heavy atom. The first-order chi connectivity index (χ1) is 8.01. The summed E-state index contributed by atoms with van der Waals surface area (Å²) in [4.78, 5) is 22.3. The first kappa shape index (κ1) is 15.4. The third kappa shape index (κ3) is 7.35. The Morgan fingerprint density at radius 1 is 1.47 bits per heavy atom. The molecule has 0 aliphatic rings. The molecule has 6 heteroatoms. The first-order valence-electron chi connectivity index (χ1n) is 5.41. The molecule has 17 heavy (non-hydrogen) atoms. The lowest BCUT2D eigenvalue weighted by Gasteiger charge is -2.17. The molecule has 2 amide bonds. The van der Waals surface area contributed by atoms with Gasteiger partial charge in [0.25, 0.3) is 0 Å². The van der Waals surface area contributed by atoms with Crippen LogP contribution in [0.5, 0.6) is 0 Å². The molecule has 0 aromatic carbocycles. The molecule has 3 N–H and O–H groups in total. The van der Waals surface area contributed by atoms with Crippen LogP contribution >= 0.6 is 0 Å². The number of rotatable bonds is 8. The number of carbonyl (C=O) groups excluding carboxylic acids is 1. The van der Waals surface area contributed by atoms with E-state index in [2.05, 4.69) is 17.2 Å². The van der Waals surface area contributed by atoms with Gasteiger partial charge in [0.15, 0.2) is 0 Å². The molecule has 0 rings (SSSR count). The number of methoxy groups -OCH3 is 1. The Morgan fingerprint density at radius 2 is 2.12 bits per heavy atom. The maximum atomic E-state index is 11.4. The zero-order chi connectivity index (χ0) is 13.3. The first-order valence-corrected chi connectivity index (χ1v) is 5.41. The Balaban J connectivity index is 4.11. The summed E-state index contributed by atoms with van der Waals surface area (Å²) in [5.41, 5.74) is 0. The van der Waals surface area contributed by atoms with Gasteiger partial charge in [0.2, 0.25) is 0 Å². The molecule has 2 unspecified atom stereocenters. The number of carboxylic acids is 1. The van der Waals surface area contributed by atoms with Crippen molar-refractivity contribution in [1.82, 2.24) is 10.6 Å². The number of urea groups is 1. The molecule has 0 fully saturated rings. The number of ether oxygens (including phenoxy) is 1. The molecule has 0 saturated heterocycles. The minimum Gasteiger partial charge on any atom is -0.480 e. The lowest BCUT2D eigenvalue weighted by molar-refractivity contribution is -0.139. The summed E-state index contributed by atoms with van der Waals surface area (Å²) in [7, 11) is 1.48. The highest BCUT2D eigenvalue weighted by molar-refractivity contribution is 5.82. The van der Waals surface area contributed by atoms with Crippen LogP contribution in [-0.4, -0.2) is 42.9 Å². The van der Waals surface area contributed by atoms with Crippen LogP contribution in [-0.2, 0) is 9.53 Å². The fourth-order valence-corrected chi connectivity index (χ4v) is 1.23. The molecule has 0 spiro atoms. The summed E-state index contributed by atoms with van der Waals surface area (Å²) >= 11 is 0. The summed E-state index contributed by atoms with van der Waals surface area (Å²) in [6, 6.07) is -1.52. The Bertz CT molecular complexity index is 268. The van der Waals surface area contributed by atoms with Gasteiger partial charge < -0.3 is 20.5 Å². The highest BCUT2D eigenvalue weighted by atomic mass is 16.5. The fourth-order valence-electron chi connectivity index (χ4n) is 1.23. The third-order valence-electron chi connectivity index (χ3n) is 2.11. The zero-order valence-electron chi connectivity index (χ0n) is 10.2. The van der Waals surface area contributed by atoms with Gasteiger partial charge >= 0.3 is 12.0 Å². The molecule has 0 saturated carbocycles. The maximum Gasteiger partial charge on any atom is 0.326 e. The van der Waals surface area contributed by atoms with Crippen molar-refractivity contribution < 1.29 is 19.4 Å². The molecule has 0 heterocycles. The van der Waals surface area contributed by atoms with Crippen molar-refractivity contribution in [3.63, 3.8) is 0 Å². The molecule has 6 nitrogen and oxygen atoms in total. The molecule has 0 aromatic rings.